The Bertz CT molecular complexity index is 977. The Balaban J connectivity index is 0.000000271. The molecule has 16 heteroatoms. The van der Waals surface area contributed by atoms with E-state index in [2.05, 4.69) is 26.1 Å². The van der Waals surface area contributed by atoms with E-state index in [1.54, 1.807) is 0 Å². The van der Waals surface area contributed by atoms with Crippen LogP contribution in [0.1, 0.15) is 36.0 Å². The van der Waals surface area contributed by atoms with Gasteiger partial charge in [0.05, 0.1) is 12.0 Å². The van der Waals surface area contributed by atoms with Crippen molar-refractivity contribution < 1.29 is 55.4 Å². The number of nitrogens with zero attached hydrogens (tertiary/aromatic N) is 4. The van der Waals surface area contributed by atoms with Crippen molar-refractivity contribution in [2.24, 2.45) is 0 Å². The highest BCUT2D eigenvalue weighted by molar-refractivity contribution is 5.73. The maximum absolute atomic E-state index is 10.6. The minimum absolute atomic E-state index is 0.247. The summed E-state index contributed by atoms with van der Waals surface area (Å²) in [7, 11) is 0. The van der Waals surface area contributed by atoms with Gasteiger partial charge in [-0.3, -0.25) is 9.88 Å². The van der Waals surface area contributed by atoms with Crippen LogP contribution >= 0.6 is 0 Å². The second-order valence-corrected chi connectivity index (χ2v) is 7.77. The van der Waals surface area contributed by atoms with Crippen LogP contribution in [0, 0.1) is 6.92 Å². The third kappa shape index (κ3) is 8.75. The Labute approximate surface area is 199 Å². The minimum atomic E-state index is -5.08. The van der Waals surface area contributed by atoms with Crippen LogP contribution in [0.15, 0.2) is 29.0 Å². The van der Waals surface area contributed by atoms with E-state index < -0.39 is 24.3 Å². The molecule has 36 heavy (non-hydrogen) atoms. The van der Waals surface area contributed by atoms with Crippen molar-refractivity contribution >= 4 is 11.9 Å². The molecule has 0 unspecified atom stereocenters. The number of piperidine rings is 1. The van der Waals surface area contributed by atoms with Gasteiger partial charge < -0.3 is 19.5 Å². The maximum Gasteiger partial charge on any atom is 0.490 e. The predicted octanol–water partition coefficient (Wildman–Crippen LogP) is 3.19. The molecule has 0 bridgehead atoms. The molecule has 4 heterocycles. The van der Waals surface area contributed by atoms with Crippen LogP contribution in [0.25, 0.3) is 0 Å². The van der Waals surface area contributed by atoms with Crippen molar-refractivity contribution in [2.75, 3.05) is 13.2 Å². The second kappa shape index (κ2) is 12.1. The zero-order valence-corrected chi connectivity index (χ0v) is 18.7. The number of likely N-dealkylation sites (tertiary alicyclic amines) is 1. The SMILES string of the molecule is Cc1noc([C@H]2C[C@H]3OCC[C@H]3N(Cc3cccnc3)C2)n1.O=C(O)C(F)(F)F.O=C(O)C(F)(F)F. The van der Waals surface area contributed by atoms with Gasteiger partial charge >= 0.3 is 24.3 Å². The number of carboxylic acids is 2. The number of ether oxygens (including phenoxy) is 1. The van der Waals surface area contributed by atoms with Crippen LogP contribution in [0.2, 0.25) is 0 Å². The normalized spacial score (nSPS) is 21.9. The van der Waals surface area contributed by atoms with Gasteiger partial charge in [-0.2, -0.15) is 31.3 Å². The molecule has 3 atom stereocenters. The standard InChI is InChI=1S/C16H20N4O2.2C2HF3O2/c1-11-18-16(22-19-11)13-7-15-14(4-6-21-15)20(10-13)9-12-3-2-5-17-8-12;2*3-2(4,5)1(6)7/h2-3,5,8,13-15H,4,6-7,9-10H2,1H3;2*(H,6,7)/t13-,14+,15+;;/m0../s1. The zero-order chi connectivity index (χ0) is 27.1. The lowest BCUT2D eigenvalue weighted by molar-refractivity contribution is -0.193. The van der Waals surface area contributed by atoms with Gasteiger partial charge in [0.1, 0.15) is 0 Å². The van der Waals surface area contributed by atoms with Gasteiger partial charge in [0.2, 0.25) is 5.89 Å². The van der Waals surface area contributed by atoms with Crippen molar-refractivity contribution in [1.29, 1.82) is 0 Å². The molecule has 2 N–H and O–H groups in total. The molecule has 2 aromatic heterocycles. The summed E-state index contributed by atoms with van der Waals surface area (Å²) in [5.41, 5.74) is 1.23. The van der Waals surface area contributed by atoms with Crippen LogP contribution in [0.4, 0.5) is 26.3 Å². The number of hydrogen-bond acceptors (Lipinski definition) is 8. The number of pyridine rings is 1. The number of carbonyl (C=O) groups is 2. The van der Waals surface area contributed by atoms with Crippen LogP contribution in [0.5, 0.6) is 0 Å². The molecule has 0 aliphatic carbocycles. The number of fused-ring (bicyclic) bond motifs is 1. The molecule has 2 aliphatic heterocycles. The van der Waals surface area contributed by atoms with Gasteiger partial charge in [0, 0.05) is 38.1 Å². The monoisotopic (exact) mass is 528 g/mol. The number of rotatable bonds is 3. The summed E-state index contributed by atoms with van der Waals surface area (Å²) >= 11 is 0. The molecule has 2 fully saturated rings. The number of aromatic nitrogens is 3. The van der Waals surface area contributed by atoms with E-state index in [4.69, 9.17) is 29.1 Å². The first-order chi connectivity index (χ1) is 16.7. The Morgan fingerprint density at radius 2 is 1.75 bits per heavy atom. The number of carboxylic acid groups (broad SMARTS) is 2. The highest BCUT2D eigenvalue weighted by atomic mass is 19.4. The summed E-state index contributed by atoms with van der Waals surface area (Å²) < 4.78 is 74.8. The van der Waals surface area contributed by atoms with Gasteiger partial charge in [0.25, 0.3) is 0 Å². The lowest BCUT2D eigenvalue weighted by Crippen LogP contribution is -2.48. The van der Waals surface area contributed by atoms with Gasteiger partial charge in [-0.05, 0) is 31.4 Å². The molecule has 0 amide bonds. The molecular weight excluding hydrogens is 506 g/mol. The summed E-state index contributed by atoms with van der Waals surface area (Å²) in [5.74, 6) is -3.83. The molecule has 4 rings (SSSR count). The first kappa shape index (κ1) is 29.0. The van der Waals surface area contributed by atoms with E-state index in [0.717, 1.165) is 38.4 Å². The lowest BCUT2D eigenvalue weighted by Gasteiger charge is -2.39. The van der Waals surface area contributed by atoms with E-state index in [1.165, 1.54) is 5.56 Å². The second-order valence-electron chi connectivity index (χ2n) is 7.77. The molecule has 0 radical (unpaired) electrons. The zero-order valence-electron chi connectivity index (χ0n) is 18.7. The number of aliphatic carboxylic acids is 2. The summed E-state index contributed by atoms with van der Waals surface area (Å²) in [6.07, 6.45) is -4.09. The van der Waals surface area contributed by atoms with Crippen LogP contribution in [0.3, 0.4) is 0 Å². The number of aryl methyl sites for hydroxylation is 1. The van der Waals surface area contributed by atoms with Crippen LogP contribution in [-0.4, -0.2) is 79.8 Å². The van der Waals surface area contributed by atoms with Crippen molar-refractivity contribution in [2.45, 2.75) is 56.7 Å². The highest BCUT2D eigenvalue weighted by Gasteiger charge is 2.42. The highest BCUT2D eigenvalue weighted by Crippen LogP contribution is 2.36. The largest absolute Gasteiger partial charge is 0.490 e. The molecule has 2 aliphatic rings. The van der Waals surface area contributed by atoms with Gasteiger partial charge in [-0.25, -0.2) is 9.59 Å². The van der Waals surface area contributed by atoms with Gasteiger partial charge in [0.15, 0.2) is 5.82 Å². The summed E-state index contributed by atoms with van der Waals surface area (Å²) in [4.78, 5) is 28.9. The minimum Gasteiger partial charge on any atom is -0.475 e. The Hall–Kier alpha value is -3.27. The molecule has 2 aromatic rings. The molecule has 0 aromatic carbocycles. The van der Waals surface area contributed by atoms with Crippen molar-refractivity contribution in [1.82, 2.24) is 20.0 Å². The topological polar surface area (TPSA) is 139 Å². The first-order valence-corrected chi connectivity index (χ1v) is 10.3. The Kier molecular flexibility index (Phi) is 9.75. The van der Waals surface area contributed by atoms with E-state index in [-0.39, 0.29) is 12.0 Å². The molecule has 0 spiro atoms. The molecule has 2 saturated heterocycles. The predicted molar refractivity (Wildman–Crippen MR) is 107 cm³/mol. The van der Waals surface area contributed by atoms with Crippen molar-refractivity contribution in [3.63, 3.8) is 0 Å². The number of halogens is 6. The van der Waals surface area contributed by atoms with E-state index in [9.17, 15) is 26.3 Å². The summed E-state index contributed by atoms with van der Waals surface area (Å²) in [6, 6.07) is 4.60. The third-order valence-corrected chi connectivity index (χ3v) is 5.10. The van der Waals surface area contributed by atoms with Gasteiger partial charge in [-0.15, -0.1) is 0 Å². The molecule has 200 valence electrons. The summed E-state index contributed by atoms with van der Waals surface area (Å²) in [6.45, 7) is 4.52. The number of alkyl halides is 6. The smallest absolute Gasteiger partial charge is 0.475 e. The van der Waals surface area contributed by atoms with E-state index in [0.29, 0.717) is 11.9 Å². The summed E-state index contributed by atoms with van der Waals surface area (Å²) in [5, 5.41) is 18.2. The average molecular weight is 528 g/mol. The van der Waals surface area contributed by atoms with Crippen molar-refractivity contribution in [3.05, 3.63) is 41.8 Å². The van der Waals surface area contributed by atoms with Crippen molar-refractivity contribution in [3.8, 4) is 0 Å². The fourth-order valence-electron chi connectivity index (χ4n) is 3.62. The average Bonchev–Trinajstić information content (AvgIpc) is 3.43. The quantitative estimate of drug-likeness (QED) is 0.571. The van der Waals surface area contributed by atoms with E-state index in [1.807, 2.05) is 25.4 Å². The molecular formula is C20H22F6N4O6. The lowest BCUT2D eigenvalue weighted by atomic mass is 9.89. The van der Waals surface area contributed by atoms with Gasteiger partial charge in [-0.1, -0.05) is 11.2 Å². The number of hydrogen-bond donors (Lipinski definition) is 2. The third-order valence-electron chi connectivity index (χ3n) is 5.10. The van der Waals surface area contributed by atoms with Crippen LogP contribution < -0.4 is 0 Å². The molecule has 0 saturated carbocycles. The Morgan fingerprint density at radius 3 is 2.22 bits per heavy atom. The maximum atomic E-state index is 10.6. The fourth-order valence-corrected chi connectivity index (χ4v) is 3.62. The first-order valence-electron chi connectivity index (χ1n) is 10.3. The van der Waals surface area contributed by atoms with E-state index >= 15 is 0 Å². The van der Waals surface area contributed by atoms with Crippen LogP contribution in [-0.2, 0) is 20.9 Å². The Morgan fingerprint density at radius 1 is 1.14 bits per heavy atom. The molecule has 10 nitrogen and oxygen atoms in total. The fraction of sp³-hybridized carbons (Fsp3) is 0.550.